The van der Waals surface area contributed by atoms with Crippen LogP contribution in [0.3, 0.4) is 0 Å². The Labute approximate surface area is 174 Å². The van der Waals surface area contributed by atoms with E-state index in [1.54, 1.807) is 11.3 Å². The maximum absolute atomic E-state index is 14.4. The van der Waals surface area contributed by atoms with Crippen molar-refractivity contribution in [3.63, 3.8) is 0 Å². The number of benzene rings is 1. The van der Waals surface area contributed by atoms with Crippen molar-refractivity contribution < 1.29 is 24.2 Å². The van der Waals surface area contributed by atoms with Gasteiger partial charge in [-0.1, -0.05) is 30.4 Å². The number of carbonyl (C=O) groups excluding carboxylic acids is 1. The normalized spacial score (nSPS) is 23.2. The van der Waals surface area contributed by atoms with Gasteiger partial charge >= 0.3 is 5.97 Å². The molecule has 2 N–H and O–H groups in total. The summed E-state index contributed by atoms with van der Waals surface area (Å²) in [6.45, 7) is 0. The average Bonchev–Trinajstić information content (AvgIpc) is 3.23. The first-order valence-corrected chi connectivity index (χ1v) is 11.0. The maximum atomic E-state index is 14.4. The molecule has 0 radical (unpaired) electrons. The number of hydrogen-bond acceptors (Lipinski definition) is 4. The largest absolute Gasteiger partial charge is 0.481 e. The first-order chi connectivity index (χ1) is 14.0. The van der Waals surface area contributed by atoms with Crippen molar-refractivity contribution in [3.8, 4) is 0 Å². The number of carboxylic acids is 1. The zero-order chi connectivity index (χ0) is 20.8. The molecule has 2 aromatic rings. The maximum Gasteiger partial charge on any atom is 0.303 e. The van der Waals surface area contributed by atoms with Crippen molar-refractivity contribution >= 4 is 33.2 Å². The van der Waals surface area contributed by atoms with E-state index in [0.29, 0.717) is 32.1 Å². The quantitative estimate of drug-likeness (QED) is 0.397. The highest BCUT2D eigenvalue weighted by Crippen LogP contribution is 2.40. The summed E-state index contributed by atoms with van der Waals surface area (Å²) in [5.41, 5.74) is 0. The second-order valence-corrected chi connectivity index (χ2v) is 8.84. The van der Waals surface area contributed by atoms with Crippen LogP contribution in [0.15, 0.2) is 42.5 Å². The highest BCUT2D eigenvalue weighted by Gasteiger charge is 2.41. The van der Waals surface area contributed by atoms with Gasteiger partial charge in [0, 0.05) is 34.3 Å². The predicted molar refractivity (Wildman–Crippen MR) is 113 cm³/mol. The number of hydrogen-bond donors (Lipinski definition) is 2. The number of ketones is 1. The van der Waals surface area contributed by atoms with Crippen LogP contribution in [-0.4, -0.2) is 28.1 Å². The lowest BCUT2D eigenvalue weighted by Gasteiger charge is -2.20. The third kappa shape index (κ3) is 5.73. The number of rotatable bonds is 10. The van der Waals surface area contributed by atoms with Gasteiger partial charge in [-0.15, -0.1) is 11.3 Å². The van der Waals surface area contributed by atoms with Gasteiger partial charge in [0.15, 0.2) is 0 Å². The SMILES string of the molecule is O=C(O)CCCC=CC[C@H]1C(=O)C[C@@H](F)[C@@H]1CC[C@@H](O)c1cc2ccccc2s1. The summed E-state index contributed by atoms with van der Waals surface area (Å²) in [7, 11) is 0. The van der Waals surface area contributed by atoms with Gasteiger partial charge in [-0.2, -0.15) is 0 Å². The number of carbonyl (C=O) groups is 2. The van der Waals surface area contributed by atoms with Crippen LogP contribution >= 0.6 is 11.3 Å². The highest BCUT2D eigenvalue weighted by atomic mass is 32.1. The van der Waals surface area contributed by atoms with Crippen molar-refractivity contribution in [1.82, 2.24) is 0 Å². The number of aliphatic hydroxyl groups is 1. The molecule has 3 rings (SSSR count). The molecule has 0 saturated heterocycles. The average molecular weight is 419 g/mol. The Bertz CT molecular complexity index is 842. The topological polar surface area (TPSA) is 74.6 Å². The van der Waals surface area contributed by atoms with E-state index in [1.165, 1.54) is 0 Å². The fourth-order valence-corrected chi connectivity index (χ4v) is 5.15. The summed E-state index contributed by atoms with van der Waals surface area (Å²) < 4.78 is 15.6. The summed E-state index contributed by atoms with van der Waals surface area (Å²) in [6.07, 6.45) is 4.62. The molecule has 156 valence electrons. The number of aliphatic hydroxyl groups excluding tert-OH is 1. The Balaban J connectivity index is 1.53. The Morgan fingerprint density at radius 1 is 1.31 bits per heavy atom. The zero-order valence-corrected chi connectivity index (χ0v) is 17.1. The van der Waals surface area contributed by atoms with Gasteiger partial charge in [-0.3, -0.25) is 9.59 Å². The number of carboxylic acid groups (broad SMARTS) is 1. The van der Waals surface area contributed by atoms with Crippen LogP contribution in [0.25, 0.3) is 10.1 Å². The van der Waals surface area contributed by atoms with Gasteiger partial charge in [-0.05, 0) is 49.6 Å². The fraction of sp³-hybridized carbons (Fsp3) is 0.478. The lowest BCUT2D eigenvalue weighted by Crippen LogP contribution is -2.19. The third-order valence-corrected chi connectivity index (χ3v) is 6.87. The molecule has 1 saturated carbocycles. The van der Waals surface area contributed by atoms with Crippen LogP contribution in [0.1, 0.15) is 55.9 Å². The minimum atomic E-state index is -1.15. The standard InChI is InChI=1S/C23H27FO4S/c24-18-14-20(26)17(8-3-1-2-4-10-23(27)28)16(18)11-12-19(25)22-13-15-7-5-6-9-21(15)29-22/h1,3,5-7,9,13,16-19,25H,2,4,8,10-12,14H2,(H,27,28)/t16-,17-,18-,19-/m1/s1. The number of thiophene rings is 1. The molecule has 0 aliphatic heterocycles. The lowest BCUT2D eigenvalue weighted by molar-refractivity contribution is -0.137. The van der Waals surface area contributed by atoms with Crippen molar-refractivity contribution in [3.05, 3.63) is 47.4 Å². The lowest BCUT2D eigenvalue weighted by atomic mass is 9.87. The van der Waals surface area contributed by atoms with E-state index < -0.39 is 18.2 Å². The number of alkyl halides is 1. The molecule has 0 spiro atoms. The van der Waals surface area contributed by atoms with Crippen molar-refractivity contribution in [2.75, 3.05) is 0 Å². The van der Waals surface area contributed by atoms with Crippen LogP contribution in [0.4, 0.5) is 4.39 Å². The van der Waals surface area contributed by atoms with E-state index >= 15 is 0 Å². The molecule has 0 unspecified atom stereocenters. The molecule has 1 aromatic carbocycles. The van der Waals surface area contributed by atoms with Crippen molar-refractivity contribution in [2.24, 2.45) is 11.8 Å². The number of unbranched alkanes of at least 4 members (excludes halogenated alkanes) is 1. The number of Topliss-reactive ketones (excluding diaryl/α,β-unsaturated/α-hetero) is 1. The number of fused-ring (bicyclic) bond motifs is 1. The van der Waals surface area contributed by atoms with Gasteiger partial charge in [0.1, 0.15) is 12.0 Å². The summed E-state index contributed by atoms with van der Waals surface area (Å²) in [5.74, 6) is -1.58. The Morgan fingerprint density at radius 2 is 2.10 bits per heavy atom. The van der Waals surface area contributed by atoms with Crippen LogP contribution in [0, 0.1) is 11.8 Å². The molecule has 1 aromatic heterocycles. The molecule has 6 heteroatoms. The first-order valence-electron chi connectivity index (χ1n) is 10.2. The van der Waals surface area contributed by atoms with Crippen LogP contribution in [-0.2, 0) is 9.59 Å². The van der Waals surface area contributed by atoms with E-state index in [1.807, 2.05) is 42.5 Å². The smallest absolute Gasteiger partial charge is 0.303 e. The van der Waals surface area contributed by atoms with E-state index in [0.717, 1.165) is 15.0 Å². The summed E-state index contributed by atoms with van der Waals surface area (Å²) in [5, 5.41) is 20.3. The Morgan fingerprint density at radius 3 is 2.86 bits per heavy atom. The third-order valence-electron chi connectivity index (χ3n) is 5.66. The van der Waals surface area contributed by atoms with E-state index in [9.17, 15) is 19.1 Å². The second-order valence-electron chi connectivity index (χ2n) is 7.73. The van der Waals surface area contributed by atoms with Crippen LogP contribution in [0.5, 0.6) is 0 Å². The molecule has 1 aliphatic carbocycles. The number of halogens is 1. The second kappa shape index (κ2) is 10.1. The minimum Gasteiger partial charge on any atom is -0.481 e. The van der Waals surface area contributed by atoms with E-state index in [-0.39, 0.29) is 30.5 Å². The van der Waals surface area contributed by atoms with E-state index in [2.05, 4.69) is 0 Å². The predicted octanol–water partition coefficient (Wildman–Crippen LogP) is 5.46. The van der Waals surface area contributed by atoms with Gasteiger partial charge in [0.25, 0.3) is 0 Å². The summed E-state index contributed by atoms with van der Waals surface area (Å²) >= 11 is 1.55. The molecule has 0 amide bonds. The number of allylic oxidation sites excluding steroid dienone is 2. The fourth-order valence-electron chi connectivity index (χ4n) is 4.07. The molecular formula is C23H27FO4S. The number of aliphatic carboxylic acids is 1. The van der Waals surface area contributed by atoms with E-state index in [4.69, 9.17) is 5.11 Å². The van der Waals surface area contributed by atoms with Gasteiger partial charge in [0.2, 0.25) is 0 Å². The Kier molecular flexibility index (Phi) is 7.56. The molecule has 4 atom stereocenters. The van der Waals surface area contributed by atoms with Crippen LogP contribution < -0.4 is 0 Å². The molecule has 1 aliphatic rings. The molecule has 1 heterocycles. The first kappa shape index (κ1) is 21.7. The minimum absolute atomic E-state index is 0.0405. The molecular weight excluding hydrogens is 391 g/mol. The molecule has 4 nitrogen and oxygen atoms in total. The van der Waals surface area contributed by atoms with Gasteiger partial charge < -0.3 is 10.2 Å². The highest BCUT2D eigenvalue weighted by molar-refractivity contribution is 7.19. The Hall–Kier alpha value is -2.05. The monoisotopic (exact) mass is 418 g/mol. The van der Waals surface area contributed by atoms with Gasteiger partial charge in [-0.25, -0.2) is 4.39 Å². The van der Waals surface area contributed by atoms with Crippen molar-refractivity contribution in [1.29, 1.82) is 0 Å². The van der Waals surface area contributed by atoms with Crippen LogP contribution in [0.2, 0.25) is 0 Å². The molecule has 0 bridgehead atoms. The molecule has 1 fully saturated rings. The molecule has 29 heavy (non-hydrogen) atoms. The van der Waals surface area contributed by atoms with Gasteiger partial charge in [0.05, 0.1) is 6.10 Å². The zero-order valence-electron chi connectivity index (χ0n) is 16.3. The summed E-state index contributed by atoms with van der Waals surface area (Å²) in [4.78, 5) is 23.6. The summed E-state index contributed by atoms with van der Waals surface area (Å²) in [6, 6.07) is 9.93. The van der Waals surface area contributed by atoms with Crippen molar-refractivity contribution in [2.45, 2.75) is 57.2 Å².